The van der Waals surface area contributed by atoms with Crippen LogP contribution < -0.4 is 15.8 Å². The summed E-state index contributed by atoms with van der Waals surface area (Å²) in [7, 11) is 0. The summed E-state index contributed by atoms with van der Waals surface area (Å²) in [5, 5.41) is 11.7. The topological polar surface area (TPSA) is 115 Å². The van der Waals surface area contributed by atoms with Crippen molar-refractivity contribution in [3.8, 4) is 17.5 Å². The Labute approximate surface area is 138 Å². The maximum atomic E-state index is 8.71. The van der Waals surface area contributed by atoms with E-state index in [1.54, 1.807) is 6.33 Å². The first kappa shape index (κ1) is 15.5. The lowest BCUT2D eigenvalue weighted by Gasteiger charge is -2.06. The van der Waals surface area contributed by atoms with Gasteiger partial charge in [0.1, 0.15) is 36.4 Å². The molecule has 3 rings (SSSR count). The highest BCUT2D eigenvalue weighted by atomic mass is 16.5. The van der Waals surface area contributed by atoms with E-state index in [2.05, 4.69) is 20.3 Å². The Hall–Kier alpha value is -3.44. The summed E-state index contributed by atoms with van der Waals surface area (Å²) in [6.07, 6.45) is 6.41. The van der Waals surface area contributed by atoms with Gasteiger partial charge >= 0.3 is 0 Å². The molecule has 0 aliphatic heterocycles. The number of nitriles is 1. The van der Waals surface area contributed by atoms with Crippen molar-refractivity contribution in [2.75, 3.05) is 18.5 Å². The number of hydrogen-bond acceptors (Lipinski definition) is 7. The number of nitrogens with two attached hydrogens (primary N) is 1. The Bertz CT molecular complexity index is 834. The summed E-state index contributed by atoms with van der Waals surface area (Å²) < 4.78 is 7.32. The highest BCUT2D eigenvalue weighted by Crippen LogP contribution is 2.18. The molecule has 120 valence electrons. The summed E-state index contributed by atoms with van der Waals surface area (Å²) in [5.74, 6) is 1.91. The number of anilines is 2. The number of benzene rings is 1. The Morgan fingerprint density at radius 3 is 2.62 bits per heavy atom. The van der Waals surface area contributed by atoms with Gasteiger partial charge in [-0.25, -0.2) is 15.0 Å². The number of aromatic nitrogens is 4. The maximum Gasteiger partial charge on any atom is 0.158 e. The molecule has 0 fully saturated rings. The van der Waals surface area contributed by atoms with E-state index in [1.807, 2.05) is 41.1 Å². The molecule has 24 heavy (non-hydrogen) atoms. The van der Waals surface area contributed by atoms with Gasteiger partial charge in [0.2, 0.25) is 0 Å². The van der Waals surface area contributed by atoms with Crippen molar-refractivity contribution in [3.63, 3.8) is 0 Å². The van der Waals surface area contributed by atoms with Crippen LogP contribution in [0.1, 0.15) is 5.69 Å². The first-order chi connectivity index (χ1) is 11.8. The molecule has 0 aliphatic rings. The SMILES string of the molecule is N#Cc1cnc(Nc2cn(-c3ccc(OCCN)cc3)cn2)cn1. The minimum Gasteiger partial charge on any atom is -0.492 e. The molecule has 8 heteroatoms. The first-order valence-corrected chi connectivity index (χ1v) is 7.25. The van der Waals surface area contributed by atoms with Crippen molar-refractivity contribution in [3.05, 3.63) is 54.9 Å². The molecule has 0 spiro atoms. The molecule has 0 saturated heterocycles. The second-order valence-electron chi connectivity index (χ2n) is 4.82. The summed E-state index contributed by atoms with van der Waals surface area (Å²) >= 11 is 0. The van der Waals surface area contributed by atoms with Gasteiger partial charge in [-0.15, -0.1) is 0 Å². The predicted octanol–water partition coefficient (Wildman–Crippen LogP) is 1.62. The van der Waals surface area contributed by atoms with Crippen molar-refractivity contribution in [2.24, 2.45) is 5.73 Å². The van der Waals surface area contributed by atoms with E-state index in [4.69, 9.17) is 15.7 Å². The third kappa shape index (κ3) is 3.66. The zero-order valence-corrected chi connectivity index (χ0v) is 12.8. The summed E-state index contributed by atoms with van der Waals surface area (Å²) in [5.41, 5.74) is 6.62. The van der Waals surface area contributed by atoms with Crippen LogP contribution in [0.3, 0.4) is 0 Å². The molecule has 2 heterocycles. The molecule has 3 aromatic rings. The van der Waals surface area contributed by atoms with Crippen LogP contribution in [-0.4, -0.2) is 32.7 Å². The number of nitrogens with one attached hydrogen (secondary N) is 1. The largest absolute Gasteiger partial charge is 0.492 e. The van der Waals surface area contributed by atoms with E-state index >= 15 is 0 Å². The maximum absolute atomic E-state index is 8.71. The van der Waals surface area contributed by atoms with Crippen LogP contribution in [0.15, 0.2) is 49.2 Å². The third-order valence-electron chi connectivity index (χ3n) is 3.13. The van der Waals surface area contributed by atoms with Gasteiger partial charge < -0.3 is 20.4 Å². The Kier molecular flexibility index (Phi) is 4.65. The fourth-order valence-electron chi connectivity index (χ4n) is 2.00. The Morgan fingerprint density at radius 2 is 1.96 bits per heavy atom. The van der Waals surface area contributed by atoms with E-state index in [0.29, 0.717) is 24.8 Å². The van der Waals surface area contributed by atoms with Crippen LogP contribution in [-0.2, 0) is 0 Å². The van der Waals surface area contributed by atoms with Gasteiger partial charge in [-0.2, -0.15) is 5.26 Å². The standard InChI is InChI=1S/C16H15N7O/c17-5-6-24-14-3-1-13(2-4-14)23-10-16(21-11-23)22-15-9-19-12(7-18)8-20-15/h1-4,8-11H,5-6,17H2,(H,20,22). The average molecular weight is 321 g/mol. The van der Waals surface area contributed by atoms with Crippen molar-refractivity contribution in [2.45, 2.75) is 0 Å². The highest BCUT2D eigenvalue weighted by Gasteiger charge is 2.03. The smallest absolute Gasteiger partial charge is 0.158 e. The molecule has 0 amide bonds. The van der Waals surface area contributed by atoms with Crippen LogP contribution in [0.4, 0.5) is 11.6 Å². The van der Waals surface area contributed by atoms with Crippen LogP contribution in [0.2, 0.25) is 0 Å². The van der Waals surface area contributed by atoms with Gasteiger partial charge in [-0.3, -0.25) is 0 Å². The van der Waals surface area contributed by atoms with Gasteiger partial charge in [-0.1, -0.05) is 0 Å². The van der Waals surface area contributed by atoms with Crippen molar-refractivity contribution in [1.29, 1.82) is 5.26 Å². The van der Waals surface area contributed by atoms with E-state index in [-0.39, 0.29) is 5.69 Å². The second-order valence-corrected chi connectivity index (χ2v) is 4.82. The predicted molar refractivity (Wildman–Crippen MR) is 88.1 cm³/mol. The lowest BCUT2D eigenvalue weighted by atomic mass is 10.3. The van der Waals surface area contributed by atoms with Gasteiger partial charge in [0.25, 0.3) is 0 Å². The van der Waals surface area contributed by atoms with Gasteiger partial charge in [0, 0.05) is 12.2 Å². The van der Waals surface area contributed by atoms with Gasteiger partial charge in [-0.05, 0) is 24.3 Å². The Morgan fingerprint density at radius 1 is 1.12 bits per heavy atom. The number of ether oxygens (including phenoxy) is 1. The molecular formula is C16H15N7O. The lowest BCUT2D eigenvalue weighted by Crippen LogP contribution is -2.10. The normalized spacial score (nSPS) is 10.2. The number of nitrogens with zero attached hydrogens (tertiary/aromatic N) is 5. The number of hydrogen-bond donors (Lipinski definition) is 2. The molecule has 0 bridgehead atoms. The summed E-state index contributed by atoms with van der Waals surface area (Å²) in [6, 6.07) is 9.54. The van der Waals surface area contributed by atoms with Crippen LogP contribution in [0, 0.1) is 11.3 Å². The molecule has 1 aromatic carbocycles. The molecule has 0 atom stereocenters. The quantitative estimate of drug-likeness (QED) is 0.708. The molecule has 0 radical (unpaired) electrons. The molecule has 0 saturated carbocycles. The summed E-state index contributed by atoms with van der Waals surface area (Å²) in [6.45, 7) is 0.973. The van der Waals surface area contributed by atoms with Crippen molar-refractivity contribution in [1.82, 2.24) is 19.5 Å². The lowest BCUT2D eigenvalue weighted by molar-refractivity contribution is 0.328. The summed E-state index contributed by atoms with van der Waals surface area (Å²) in [4.78, 5) is 12.3. The van der Waals surface area contributed by atoms with E-state index < -0.39 is 0 Å². The first-order valence-electron chi connectivity index (χ1n) is 7.25. The minimum absolute atomic E-state index is 0.267. The Balaban J connectivity index is 1.69. The fraction of sp³-hybridized carbons (Fsp3) is 0.125. The monoisotopic (exact) mass is 321 g/mol. The number of rotatable bonds is 6. The second kappa shape index (κ2) is 7.21. The molecule has 3 N–H and O–H groups in total. The third-order valence-corrected chi connectivity index (χ3v) is 3.13. The zero-order valence-electron chi connectivity index (χ0n) is 12.8. The van der Waals surface area contributed by atoms with Crippen LogP contribution >= 0.6 is 0 Å². The molecular weight excluding hydrogens is 306 g/mol. The molecule has 0 unspecified atom stereocenters. The van der Waals surface area contributed by atoms with E-state index in [9.17, 15) is 0 Å². The van der Waals surface area contributed by atoms with Crippen molar-refractivity contribution < 1.29 is 4.74 Å². The average Bonchev–Trinajstić information content (AvgIpc) is 3.09. The van der Waals surface area contributed by atoms with Gasteiger partial charge in [0.15, 0.2) is 5.69 Å². The molecule has 2 aromatic heterocycles. The fourth-order valence-corrected chi connectivity index (χ4v) is 2.00. The van der Waals surface area contributed by atoms with E-state index in [1.165, 1.54) is 12.4 Å². The zero-order chi connectivity index (χ0) is 16.8. The van der Waals surface area contributed by atoms with Crippen LogP contribution in [0.5, 0.6) is 5.75 Å². The van der Waals surface area contributed by atoms with Gasteiger partial charge in [0.05, 0.1) is 18.6 Å². The van der Waals surface area contributed by atoms with Crippen molar-refractivity contribution >= 4 is 11.6 Å². The van der Waals surface area contributed by atoms with E-state index in [0.717, 1.165) is 11.4 Å². The minimum atomic E-state index is 0.267. The van der Waals surface area contributed by atoms with Crippen LogP contribution in [0.25, 0.3) is 5.69 Å². The molecule has 0 aliphatic carbocycles. The number of imidazole rings is 1. The molecule has 8 nitrogen and oxygen atoms in total. The highest BCUT2D eigenvalue weighted by molar-refractivity contribution is 5.51.